The molecule has 0 saturated heterocycles. The Bertz CT molecular complexity index is 302. The van der Waals surface area contributed by atoms with E-state index in [0.29, 0.717) is 6.42 Å². The first kappa shape index (κ1) is 8.61. The minimum absolute atomic E-state index is 0.660. The molecule has 0 aromatic heterocycles. The van der Waals surface area contributed by atoms with E-state index in [0.717, 1.165) is 16.9 Å². The monoisotopic (exact) mass is 161 g/mol. The molecule has 62 valence electrons. The Morgan fingerprint density at radius 3 is 2.83 bits per heavy atom. The highest BCUT2D eigenvalue weighted by molar-refractivity contribution is 5.38. The van der Waals surface area contributed by atoms with E-state index in [4.69, 9.17) is 10.00 Å². The Morgan fingerprint density at radius 1 is 1.50 bits per heavy atom. The number of nitrogens with zero attached hydrogens (tertiary/aromatic N) is 1. The molecule has 0 saturated carbocycles. The van der Waals surface area contributed by atoms with Crippen molar-refractivity contribution in [3.05, 3.63) is 35.1 Å². The van der Waals surface area contributed by atoms with Crippen molar-refractivity contribution in [1.82, 2.24) is 0 Å². The molecule has 1 aliphatic rings. The zero-order valence-corrected chi connectivity index (χ0v) is 7.29. The molecule has 1 aliphatic carbocycles. The average molecular weight is 161 g/mol. The largest absolute Gasteiger partial charge is 0.497 e. The Hall–Kier alpha value is -1.49. The van der Waals surface area contributed by atoms with Crippen LogP contribution in [0.1, 0.15) is 13.3 Å². The van der Waals surface area contributed by atoms with Gasteiger partial charge in [-0.25, -0.2) is 0 Å². The van der Waals surface area contributed by atoms with Gasteiger partial charge in [-0.3, -0.25) is 0 Å². The lowest BCUT2D eigenvalue weighted by Crippen LogP contribution is -1.87. The van der Waals surface area contributed by atoms with Gasteiger partial charge in [-0.05, 0) is 24.6 Å². The number of methoxy groups -OCH3 is 1. The molecule has 0 unspecified atom stereocenters. The predicted octanol–water partition coefficient (Wildman–Crippen LogP) is 2.32. The third kappa shape index (κ3) is 1.76. The van der Waals surface area contributed by atoms with E-state index < -0.39 is 0 Å². The Morgan fingerprint density at radius 2 is 2.25 bits per heavy atom. The fourth-order valence-corrected chi connectivity index (χ4v) is 1.07. The van der Waals surface area contributed by atoms with E-state index in [1.165, 1.54) is 0 Å². The smallest absolute Gasteiger partial charge is 0.118 e. The lowest BCUT2D eigenvalue weighted by Gasteiger charge is -2.03. The topological polar surface area (TPSA) is 33.0 Å². The van der Waals surface area contributed by atoms with Crippen LogP contribution in [-0.2, 0) is 4.74 Å². The summed E-state index contributed by atoms with van der Waals surface area (Å²) in [5.74, 6) is 0.858. The molecule has 2 heteroatoms. The minimum Gasteiger partial charge on any atom is -0.497 e. The molecule has 0 radical (unpaired) electrons. The number of rotatable bonds is 1. The molecular formula is C10H11NO. The van der Waals surface area contributed by atoms with Crippen LogP contribution in [0.5, 0.6) is 0 Å². The van der Waals surface area contributed by atoms with Crippen LogP contribution in [0.4, 0.5) is 0 Å². The van der Waals surface area contributed by atoms with Crippen LogP contribution in [0, 0.1) is 11.3 Å². The van der Waals surface area contributed by atoms with Crippen LogP contribution in [0.3, 0.4) is 0 Å². The molecule has 2 nitrogen and oxygen atoms in total. The first-order valence-corrected chi connectivity index (χ1v) is 3.80. The Balaban J connectivity index is 2.92. The summed E-state index contributed by atoms with van der Waals surface area (Å²) in [6, 6.07) is 2.13. The van der Waals surface area contributed by atoms with Gasteiger partial charge >= 0.3 is 0 Å². The zero-order valence-electron chi connectivity index (χ0n) is 7.29. The molecule has 0 heterocycles. The number of nitriles is 1. The third-order valence-corrected chi connectivity index (χ3v) is 1.79. The van der Waals surface area contributed by atoms with E-state index in [1.54, 1.807) is 7.11 Å². The molecule has 0 atom stereocenters. The minimum atomic E-state index is 0.660. The van der Waals surface area contributed by atoms with E-state index in [-0.39, 0.29) is 0 Å². The second-order valence-corrected chi connectivity index (χ2v) is 2.63. The van der Waals surface area contributed by atoms with Crippen molar-refractivity contribution in [1.29, 1.82) is 5.26 Å². The predicted molar refractivity (Wildman–Crippen MR) is 47.2 cm³/mol. The van der Waals surface area contributed by atoms with Crippen molar-refractivity contribution >= 4 is 0 Å². The molecule has 0 aliphatic heterocycles. The summed E-state index contributed by atoms with van der Waals surface area (Å²) in [4.78, 5) is 0. The molecule has 0 fully saturated rings. The summed E-state index contributed by atoms with van der Waals surface area (Å²) in [5.41, 5.74) is 1.82. The molecular weight excluding hydrogens is 150 g/mol. The highest BCUT2D eigenvalue weighted by Crippen LogP contribution is 2.17. The maximum atomic E-state index is 8.64. The van der Waals surface area contributed by atoms with Crippen LogP contribution in [0.15, 0.2) is 35.1 Å². The first-order chi connectivity index (χ1) is 5.77. The fraction of sp³-hybridized carbons (Fsp3) is 0.300. The van der Waals surface area contributed by atoms with E-state index >= 15 is 0 Å². The van der Waals surface area contributed by atoms with Crippen LogP contribution in [-0.4, -0.2) is 7.11 Å². The lowest BCUT2D eigenvalue weighted by molar-refractivity contribution is 0.299. The summed E-state index contributed by atoms with van der Waals surface area (Å²) in [6.45, 7) is 1.96. The highest BCUT2D eigenvalue weighted by Gasteiger charge is 2.03. The van der Waals surface area contributed by atoms with Crippen molar-refractivity contribution in [2.24, 2.45) is 0 Å². The number of hydrogen-bond donors (Lipinski definition) is 0. The fourth-order valence-electron chi connectivity index (χ4n) is 1.07. The second kappa shape index (κ2) is 3.77. The molecule has 0 aromatic carbocycles. The quantitative estimate of drug-likeness (QED) is 0.591. The van der Waals surface area contributed by atoms with Gasteiger partial charge in [0.25, 0.3) is 0 Å². The normalized spacial score (nSPS) is 16.6. The maximum Gasteiger partial charge on any atom is 0.118 e. The molecule has 12 heavy (non-hydrogen) atoms. The standard InChI is InChI=1S/C10H11NO/c1-8-3-4-9(7-11)5-6-10(8)12-2/h3-4,6H,5H2,1-2H3. The van der Waals surface area contributed by atoms with Gasteiger partial charge in [-0.15, -0.1) is 0 Å². The summed E-state index contributed by atoms with van der Waals surface area (Å²) >= 11 is 0. The van der Waals surface area contributed by atoms with E-state index in [9.17, 15) is 0 Å². The van der Waals surface area contributed by atoms with Crippen LogP contribution < -0.4 is 0 Å². The molecule has 0 N–H and O–H groups in total. The first-order valence-electron chi connectivity index (χ1n) is 3.80. The van der Waals surface area contributed by atoms with Crippen molar-refractivity contribution < 1.29 is 4.74 Å². The van der Waals surface area contributed by atoms with Crippen molar-refractivity contribution in [3.8, 4) is 6.07 Å². The Kier molecular flexibility index (Phi) is 2.71. The Labute approximate surface area is 72.5 Å². The van der Waals surface area contributed by atoms with Crippen molar-refractivity contribution in [2.45, 2.75) is 13.3 Å². The van der Waals surface area contributed by atoms with Crippen molar-refractivity contribution in [3.63, 3.8) is 0 Å². The van der Waals surface area contributed by atoms with Gasteiger partial charge in [0.2, 0.25) is 0 Å². The summed E-state index contributed by atoms with van der Waals surface area (Å²) in [6.07, 6.45) is 6.32. The van der Waals surface area contributed by atoms with Gasteiger partial charge in [0.15, 0.2) is 0 Å². The zero-order chi connectivity index (χ0) is 8.97. The molecule has 0 bridgehead atoms. The molecule has 0 aromatic rings. The molecule has 1 rings (SSSR count). The van der Waals surface area contributed by atoms with Gasteiger partial charge < -0.3 is 4.74 Å². The van der Waals surface area contributed by atoms with E-state index in [2.05, 4.69) is 6.07 Å². The van der Waals surface area contributed by atoms with Crippen LogP contribution >= 0.6 is 0 Å². The summed E-state index contributed by atoms with van der Waals surface area (Å²) in [5, 5.41) is 8.64. The van der Waals surface area contributed by atoms with Gasteiger partial charge in [-0.2, -0.15) is 5.26 Å². The summed E-state index contributed by atoms with van der Waals surface area (Å²) < 4.78 is 5.13. The lowest BCUT2D eigenvalue weighted by atomic mass is 10.2. The maximum absolute atomic E-state index is 8.64. The molecule has 0 spiro atoms. The number of allylic oxidation sites excluding steroid dienone is 5. The van der Waals surface area contributed by atoms with Gasteiger partial charge in [0.05, 0.1) is 13.2 Å². The van der Waals surface area contributed by atoms with Crippen molar-refractivity contribution in [2.75, 3.05) is 7.11 Å². The number of hydrogen-bond acceptors (Lipinski definition) is 2. The molecule has 0 amide bonds. The van der Waals surface area contributed by atoms with Crippen LogP contribution in [0.25, 0.3) is 0 Å². The second-order valence-electron chi connectivity index (χ2n) is 2.63. The van der Waals surface area contributed by atoms with Gasteiger partial charge in [0.1, 0.15) is 5.76 Å². The average Bonchev–Trinajstić information content (AvgIpc) is 2.27. The highest BCUT2D eigenvalue weighted by atomic mass is 16.5. The van der Waals surface area contributed by atoms with Crippen LogP contribution in [0.2, 0.25) is 0 Å². The van der Waals surface area contributed by atoms with Gasteiger partial charge in [0, 0.05) is 12.0 Å². The SMILES string of the molecule is COC1=CCC(C#N)=CC=C1C. The summed E-state index contributed by atoms with van der Waals surface area (Å²) in [7, 11) is 1.64. The van der Waals surface area contributed by atoms with E-state index in [1.807, 2.05) is 25.2 Å². The van der Waals surface area contributed by atoms with Gasteiger partial charge in [-0.1, -0.05) is 6.08 Å². The number of ether oxygens (including phenoxy) is 1. The third-order valence-electron chi connectivity index (χ3n) is 1.79.